The lowest BCUT2D eigenvalue weighted by Gasteiger charge is -2.09. The van der Waals surface area contributed by atoms with E-state index in [9.17, 15) is 9.59 Å². The molecule has 0 aliphatic carbocycles. The van der Waals surface area contributed by atoms with E-state index in [1.165, 1.54) is 0 Å². The van der Waals surface area contributed by atoms with Gasteiger partial charge in [0.05, 0.1) is 6.54 Å². The van der Waals surface area contributed by atoms with Crippen molar-refractivity contribution < 1.29 is 9.59 Å². The van der Waals surface area contributed by atoms with Gasteiger partial charge in [-0.3, -0.25) is 9.59 Å². The Kier molecular flexibility index (Phi) is 7.47. The molecule has 0 atom stereocenters. The van der Waals surface area contributed by atoms with Gasteiger partial charge in [0.25, 0.3) is 5.91 Å². The van der Waals surface area contributed by atoms with Crippen molar-refractivity contribution in [1.82, 2.24) is 5.32 Å². The summed E-state index contributed by atoms with van der Waals surface area (Å²) in [5.74, 6) is -0.216. The number of hydrogen-bond acceptors (Lipinski definition) is 3. The largest absolute Gasteiger partial charge is 0.376 e. The average Bonchev–Trinajstić information content (AvgIpc) is 2.60. The number of nitrogens with one attached hydrogen (secondary N) is 3. The number of rotatable bonds is 8. The third kappa shape index (κ3) is 6.58. The number of carbonyl (C=O) groups is 2. The normalized spacial score (nSPS) is 10.2. The smallest absolute Gasteiger partial charge is 0.251 e. The van der Waals surface area contributed by atoms with Gasteiger partial charge in [-0.25, -0.2) is 0 Å². The van der Waals surface area contributed by atoms with Crippen LogP contribution >= 0.6 is 15.9 Å². The fourth-order valence-corrected chi connectivity index (χ4v) is 2.57. The van der Waals surface area contributed by atoms with E-state index < -0.39 is 0 Å². The fraction of sp³-hybridized carbons (Fsp3) is 0.263. The van der Waals surface area contributed by atoms with Gasteiger partial charge in [0.1, 0.15) is 0 Å². The molecule has 0 radical (unpaired) electrons. The highest BCUT2D eigenvalue weighted by atomic mass is 79.9. The molecule has 2 amide bonds. The van der Waals surface area contributed by atoms with Gasteiger partial charge in [0.15, 0.2) is 0 Å². The molecule has 132 valence electrons. The zero-order valence-electron chi connectivity index (χ0n) is 14.1. The number of hydrogen-bond donors (Lipinski definition) is 3. The molecule has 2 aromatic rings. The number of amides is 2. The first-order chi connectivity index (χ1) is 12.1. The Balaban J connectivity index is 1.80. The molecule has 2 rings (SSSR count). The number of anilines is 2. The molecule has 5 nitrogen and oxygen atoms in total. The monoisotopic (exact) mass is 403 g/mol. The second kappa shape index (κ2) is 9.84. The van der Waals surface area contributed by atoms with E-state index in [1.54, 1.807) is 24.3 Å². The highest BCUT2D eigenvalue weighted by Gasteiger charge is 2.06. The third-order valence-electron chi connectivity index (χ3n) is 3.52. The maximum atomic E-state index is 12.0. The van der Waals surface area contributed by atoms with E-state index in [2.05, 4.69) is 38.8 Å². The fourth-order valence-electron chi connectivity index (χ4n) is 2.17. The van der Waals surface area contributed by atoms with Crippen LogP contribution in [0.5, 0.6) is 0 Å². The number of carbonyl (C=O) groups excluding carboxylic acids is 2. The van der Waals surface area contributed by atoms with Crippen LogP contribution in [0.25, 0.3) is 0 Å². The van der Waals surface area contributed by atoms with E-state index in [-0.39, 0.29) is 18.4 Å². The maximum absolute atomic E-state index is 12.0. The first-order valence-electron chi connectivity index (χ1n) is 8.26. The number of halogens is 1. The lowest BCUT2D eigenvalue weighted by molar-refractivity contribution is -0.114. The second-order valence-electron chi connectivity index (χ2n) is 5.60. The molecule has 0 fully saturated rings. The zero-order valence-corrected chi connectivity index (χ0v) is 15.7. The molecular weight excluding hydrogens is 382 g/mol. The van der Waals surface area contributed by atoms with Crippen LogP contribution in [0.3, 0.4) is 0 Å². The molecule has 0 spiro atoms. The molecule has 2 aromatic carbocycles. The van der Waals surface area contributed by atoms with Gasteiger partial charge >= 0.3 is 0 Å². The van der Waals surface area contributed by atoms with Gasteiger partial charge in [-0.05, 0) is 48.9 Å². The van der Waals surface area contributed by atoms with Gasteiger partial charge < -0.3 is 16.0 Å². The standard InChI is InChI=1S/C19H22BrN3O2/c1-2-3-11-21-19(25)14-7-9-16(10-8-14)22-13-18(24)23-17-6-4-5-15(20)12-17/h4-10,12,22H,2-3,11,13H2,1H3,(H,21,25)(H,23,24). The topological polar surface area (TPSA) is 70.2 Å². The van der Waals surface area contributed by atoms with Crippen LogP contribution in [0.1, 0.15) is 30.1 Å². The minimum atomic E-state index is -0.139. The third-order valence-corrected chi connectivity index (χ3v) is 4.02. The lowest BCUT2D eigenvalue weighted by Crippen LogP contribution is -2.24. The van der Waals surface area contributed by atoms with Crippen molar-refractivity contribution in [2.75, 3.05) is 23.7 Å². The summed E-state index contributed by atoms with van der Waals surface area (Å²) in [4.78, 5) is 23.9. The van der Waals surface area contributed by atoms with E-state index in [4.69, 9.17) is 0 Å². The van der Waals surface area contributed by atoms with E-state index in [1.807, 2.05) is 24.3 Å². The molecule has 25 heavy (non-hydrogen) atoms. The van der Waals surface area contributed by atoms with Crippen molar-refractivity contribution in [3.8, 4) is 0 Å². The van der Waals surface area contributed by atoms with Crippen LogP contribution in [0.2, 0.25) is 0 Å². The first-order valence-corrected chi connectivity index (χ1v) is 9.05. The van der Waals surface area contributed by atoms with Crippen LogP contribution in [0.15, 0.2) is 53.0 Å². The molecule has 0 bridgehead atoms. The minimum Gasteiger partial charge on any atom is -0.376 e. The van der Waals surface area contributed by atoms with E-state index in [0.717, 1.165) is 28.7 Å². The molecule has 0 unspecified atom stereocenters. The van der Waals surface area contributed by atoms with Crippen molar-refractivity contribution >= 4 is 39.1 Å². The Hall–Kier alpha value is -2.34. The highest BCUT2D eigenvalue weighted by molar-refractivity contribution is 9.10. The van der Waals surface area contributed by atoms with Crippen molar-refractivity contribution in [2.45, 2.75) is 19.8 Å². The quantitative estimate of drug-likeness (QED) is 0.582. The summed E-state index contributed by atoms with van der Waals surface area (Å²) >= 11 is 3.37. The predicted octanol–water partition coefficient (Wildman–Crippen LogP) is 4.03. The average molecular weight is 404 g/mol. The molecule has 0 heterocycles. The Morgan fingerprint density at radius 1 is 1.04 bits per heavy atom. The molecule has 0 aromatic heterocycles. The molecule has 3 N–H and O–H groups in total. The molecule has 0 saturated heterocycles. The second-order valence-corrected chi connectivity index (χ2v) is 6.51. The van der Waals surface area contributed by atoms with E-state index in [0.29, 0.717) is 12.1 Å². The number of benzene rings is 2. The molecule has 6 heteroatoms. The molecule has 0 aliphatic rings. The predicted molar refractivity (Wildman–Crippen MR) is 105 cm³/mol. The summed E-state index contributed by atoms with van der Waals surface area (Å²) in [6, 6.07) is 14.5. The summed E-state index contributed by atoms with van der Waals surface area (Å²) in [6.07, 6.45) is 2.02. The van der Waals surface area contributed by atoms with Crippen LogP contribution in [0, 0.1) is 0 Å². The van der Waals surface area contributed by atoms with E-state index >= 15 is 0 Å². The summed E-state index contributed by atoms with van der Waals surface area (Å²) < 4.78 is 0.908. The minimum absolute atomic E-state index is 0.0765. The van der Waals surface area contributed by atoms with Gasteiger partial charge in [-0.1, -0.05) is 35.3 Å². The first kappa shape index (κ1) is 19.0. The Labute approximate surface area is 156 Å². The van der Waals surface area contributed by atoms with Gasteiger partial charge in [-0.2, -0.15) is 0 Å². The van der Waals surface area contributed by atoms with Crippen molar-refractivity contribution in [1.29, 1.82) is 0 Å². The molecule has 0 saturated carbocycles. The zero-order chi connectivity index (χ0) is 18.1. The maximum Gasteiger partial charge on any atom is 0.251 e. The SMILES string of the molecule is CCCCNC(=O)c1ccc(NCC(=O)Nc2cccc(Br)c2)cc1. The lowest BCUT2D eigenvalue weighted by atomic mass is 10.2. The number of unbranched alkanes of at least 4 members (excludes halogenated alkanes) is 1. The Morgan fingerprint density at radius 3 is 2.48 bits per heavy atom. The van der Waals surface area contributed by atoms with Crippen molar-refractivity contribution in [3.05, 3.63) is 58.6 Å². The van der Waals surface area contributed by atoms with Crippen LogP contribution < -0.4 is 16.0 Å². The van der Waals surface area contributed by atoms with Gasteiger partial charge in [0.2, 0.25) is 5.91 Å². The van der Waals surface area contributed by atoms with Crippen molar-refractivity contribution in [2.24, 2.45) is 0 Å². The summed E-state index contributed by atoms with van der Waals surface area (Å²) in [7, 11) is 0. The Morgan fingerprint density at radius 2 is 1.80 bits per heavy atom. The van der Waals surface area contributed by atoms with Crippen LogP contribution in [-0.4, -0.2) is 24.9 Å². The summed E-state index contributed by atoms with van der Waals surface area (Å²) in [5, 5.41) is 8.73. The van der Waals surface area contributed by atoms with Crippen LogP contribution in [-0.2, 0) is 4.79 Å². The summed E-state index contributed by atoms with van der Waals surface area (Å²) in [6.45, 7) is 2.92. The van der Waals surface area contributed by atoms with Gasteiger partial charge in [-0.15, -0.1) is 0 Å². The molecule has 0 aliphatic heterocycles. The Bertz CT molecular complexity index is 717. The highest BCUT2D eigenvalue weighted by Crippen LogP contribution is 2.15. The van der Waals surface area contributed by atoms with Crippen molar-refractivity contribution in [3.63, 3.8) is 0 Å². The summed E-state index contributed by atoms with van der Waals surface area (Å²) in [5.41, 5.74) is 2.13. The van der Waals surface area contributed by atoms with Gasteiger partial charge in [0, 0.05) is 28.0 Å². The molecular formula is C19H22BrN3O2. The van der Waals surface area contributed by atoms with Crippen LogP contribution in [0.4, 0.5) is 11.4 Å².